The van der Waals surface area contributed by atoms with Crippen LogP contribution in [0.3, 0.4) is 0 Å². The third-order valence-corrected chi connectivity index (χ3v) is 1.65. The maximum Gasteiger partial charge on any atom is 0.260 e. The molecule has 1 fully saturated rings. The van der Waals surface area contributed by atoms with Gasteiger partial charge in [0.15, 0.2) is 0 Å². The molecule has 0 aromatic heterocycles. The fraction of sp³-hybridized carbons (Fsp3) is 1.00. The highest BCUT2D eigenvalue weighted by molar-refractivity contribution is 6.11. The Labute approximate surface area is 64.0 Å². The zero-order chi connectivity index (χ0) is 8.65. The van der Waals surface area contributed by atoms with E-state index in [2.05, 4.69) is 4.74 Å². The van der Waals surface area contributed by atoms with Crippen molar-refractivity contribution in [3.05, 3.63) is 0 Å². The van der Waals surface area contributed by atoms with Crippen LogP contribution in [0.2, 0.25) is 0 Å². The van der Waals surface area contributed by atoms with E-state index in [0.717, 1.165) is 0 Å². The zero-order valence-electron chi connectivity index (χ0n) is 5.64. The van der Waals surface area contributed by atoms with Gasteiger partial charge in [0.25, 0.3) is 5.85 Å². The van der Waals surface area contributed by atoms with Crippen LogP contribution in [-0.4, -0.2) is 53.8 Å². The molecular formula is C5H8BFO4. The summed E-state index contributed by atoms with van der Waals surface area (Å²) in [6.07, 6.45) is -3.28. The molecule has 0 aliphatic carbocycles. The van der Waals surface area contributed by atoms with Crippen molar-refractivity contribution in [2.24, 2.45) is 0 Å². The highest BCUT2D eigenvalue weighted by Crippen LogP contribution is 2.30. The topological polar surface area (TPSA) is 69.9 Å². The molecule has 4 atom stereocenters. The van der Waals surface area contributed by atoms with Crippen molar-refractivity contribution in [1.29, 1.82) is 0 Å². The lowest BCUT2D eigenvalue weighted by atomic mass is 9.93. The molecule has 3 N–H and O–H groups in total. The van der Waals surface area contributed by atoms with E-state index in [1.165, 1.54) is 0 Å². The molecular weight excluding hydrogens is 154 g/mol. The molecule has 0 aromatic rings. The largest absolute Gasteiger partial charge is 0.390 e. The molecule has 0 aromatic carbocycles. The van der Waals surface area contributed by atoms with Gasteiger partial charge in [0, 0.05) is 6.00 Å². The first-order chi connectivity index (χ1) is 5.01. The molecule has 4 nitrogen and oxygen atoms in total. The molecule has 1 heterocycles. The van der Waals surface area contributed by atoms with Crippen molar-refractivity contribution < 1.29 is 24.4 Å². The first kappa shape index (κ1) is 8.93. The summed E-state index contributed by atoms with van der Waals surface area (Å²) in [5.74, 6) is -2.63. The van der Waals surface area contributed by atoms with Gasteiger partial charge in [0.05, 0.1) is 0 Å². The lowest BCUT2D eigenvalue weighted by Gasteiger charge is -2.19. The standard InChI is InChI=1S/C5H8BFO4/c6-4-2(9)3(10)5(7,1-8)11-4/h2-4,8-10H,1H2/t2-,3+,4-,5-/m1/s1. The van der Waals surface area contributed by atoms with Gasteiger partial charge in [0.1, 0.15) is 26.7 Å². The SMILES string of the molecule is [B][C@@H]1O[C@](F)(CO)[C@@H](O)[C@H]1O. The highest BCUT2D eigenvalue weighted by Gasteiger charge is 2.52. The fourth-order valence-electron chi connectivity index (χ4n) is 0.931. The number of rotatable bonds is 1. The molecule has 62 valence electrons. The van der Waals surface area contributed by atoms with Crippen LogP contribution < -0.4 is 0 Å². The van der Waals surface area contributed by atoms with Crippen LogP contribution in [0.25, 0.3) is 0 Å². The van der Waals surface area contributed by atoms with Crippen molar-refractivity contribution in [2.45, 2.75) is 24.1 Å². The number of aliphatic hydroxyl groups is 3. The van der Waals surface area contributed by atoms with Crippen LogP contribution in [0.1, 0.15) is 0 Å². The van der Waals surface area contributed by atoms with Crippen molar-refractivity contribution in [3.63, 3.8) is 0 Å². The van der Waals surface area contributed by atoms with Crippen LogP contribution in [0, 0.1) is 0 Å². The summed E-state index contributed by atoms with van der Waals surface area (Å²) in [6, 6.07) is -1.29. The molecule has 1 aliphatic heterocycles. The van der Waals surface area contributed by atoms with Crippen LogP contribution in [-0.2, 0) is 4.74 Å². The molecule has 1 aliphatic rings. The number of hydrogen-bond acceptors (Lipinski definition) is 4. The molecule has 0 amide bonds. The Morgan fingerprint density at radius 3 is 2.27 bits per heavy atom. The summed E-state index contributed by atoms with van der Waals surface area (Å²) in [5, 5.41) is 26.2. The Morgan fingerprint density at radius 1 is 1.55 bits per heavy atom. The minimum absolute atomic E-state index is 1.03. The Bertz CT molecular complexity index is 157. The first-order valence-electron chi connectivity index (χ1n) is 3.10. The highest BCUT2D eigenvalue weighted by atomic mass is 19.2. The van der Waals surface area contributed by atoms with Crippen LogP contribution in [0.4, 0.5) is 4.39 Å². The molecule has 0 unspecified atom stereocenters. The molecule has 0 saturated carbocycles. The molecule has 0 spiro atoms. The molecule has 1 rings (SSSR count). The quantitative estimate of drug-likeness (QED) is 0.386. The first-order valence-corrected chi connectivity index (χ1v) is 3.10. The summed E-state index contributed by atoms with van der Waals surface area (Å²) in [7, 11) is 5.04. The minimum Gasteiger partial charge on any atom is -0.390 e. The number of halogens is 1. The van der Waals surface area contributed by atoms with Gasteiger partial charge in [-0.05, 0) is 0 Å². The summed E-state index contributed by atoms with van der Waals surface area (Å²) in [4.78, 5) is 0. The van der Waals surface area contributed by atoms with Crippen molar-refractivity contribution in [1.82, 2.24) is 0 Å². The van der Waals surface area contributed by atoms with Gasteiger partial charge >= 0.3 is 0 Å². The van der Waals surface area contributed by atoms with Gasteiger partial charge in [0.2, 0.25) is 0 Å². The lowest BCUT2D eigenvalue weighted by Crippen LogP contribution is -2.42. The average Bonchev–Trinajstić information content (AvgIpc) is 2.17. The van der Waals surface area contributed by atoms with E-state index in [9.17, 15) is 4.39 Å². The maximum atomic E-state index is 13.0. The van der Waals surface area contributed by atoms with E-state index < -0.39 is 30.7 Å². The second kappa shape index (κ2) is 2.71. The van der Waals surface area contributed by atoms with E-state index in [1.807, 2.05) is 0 Å². The van der Waals surface area contributed by atoms with Crippen LogP contribution in [0.15, 0.2) is 0 Å². The van der Waals surface area contributed by atoms with E-state index in [-0.39, 0.29) is 0 Å². The average molecular weight is 162 g/mol. The second-order valence-electron chi connectivity index (χ2n) is 2.46. The molecule has 0 bridgehead atoms. The number of ether oxygens (including phenoxy) is 1. The zero-order valence-corrected chi connectivity index (χ0v) is 5.64. The predicted octanol–water partition coefficient (Wildman–Crippen LogP) is -2.11. The summed E-state index contributed by atoms with van der Waals surface area (Å²) < 4.78 is 17.3. The lowest BCUT2D eigenvalue weighted by molar-refractivity contribution is -0.186. The van der Waals surface area contributed by atoms with Crippen molar-refractivity contribution >= 4 is 7.85 Å². The van der Waals surface area contributed by atoms with E-state index in [4.69, 9.17) is 23.2 Å². The fourth-order valence-corrected chi connectivity index (χ4v) is 0.931. The van der Waals surface area contributed by atoms with Crippen molar-refractivity contribution in [3.8, 4) is 0 Å². The van der Waals surface area contributed by atoms with Gasteiger partial charge in [-0.2, -0.15) is 0 Å². The summed E-state index contributed by atoms with van der Waals surface area (Å²) in [5.41, 5.74) is 0. The third kappa shape index (κ3) is 1.27. The monoisotopic (exact) mass is 162 g/mol. The Balaban J connectivity index is 2.73. The molecule has 2 radical (unpaired) electrons. The van der Waals surface area contributed by atoms with Crippen LogP contribution in [0.5, 0.6) is 0 Å². The summed E-state index contributed by atoms with van der Waals surface area (Å²) in [6.45, 7) is -1.03. The van der Waals surface area contributed by atoms with Crippen molar-refractivity contribution in [2.75, 3.05) is 6.61 Å². The predicted molar refractivity (Wildman–Crippen MR) is 33.6 cm³/mol. The van der Waals surface area contributed by atoms with E-state index in [1.54, 1.807) is 0 Å². The van der Waals surface area contributed by atoms with E-state index in [0.29, 0.717) is 0 Å². The normalized spacial score (nSPS) is 51.5. The van der Waals surface area contributed by atoms with Crippen LogP contribution >= 0.6 is 0 Å². The van der Waals surface area contributed by atoms with Gasteiger partial charge in [-0.1, -0.05) is 0 Å². The van der Waals surface area contributed by atoms with Gasteiger partial charge in [-0.3, -0.25) is 0 Å². The number of alkyl halides is 1. The van der Waals surface area contributed by atoms with E-state index >= 15 is 0 Å². The smallest absolute Gasteiger partial charge is 0.260 e. The third-order valence-electron chi connectivity index (χ3n) is 1.65. The minimum atomic E-state index is -2.63. The maximum absolute atomic E-state index is 13.0. The Hall–Kier alpha value is -0.165. The second-order valence-corrected chi connectivity index (χ2v) is 2.46. The number of aliphatic hydroxyl groups excluding tert-OH is 3. The summed E-state index contributed by atoms with van der Waals surface area (Å²) >= 11 is 0. The molecule has 6 heteroatoms. The Morgan fingerprint density at radius 2 is 2.09 bits per heavy atom. The van der Waals surface area contributed by atoms with Gasteiger partial charge < -0.3 is 20.1 Å². The number of hydrogen-bond donors (Lipinski definition) is 3. The van der Waals surface area contributed by atoms with Gasteiger partial charge in [-0.15, -0.1) is 0 Å². The Kier molecular flexibility index (Phi) is 2.20. The molecule has 1 saturated heterocycles. The van der Waals surface area contributed by atoms with Gasteiger partial charge in [-0.25, -0.2) is 4.39 Å². The molecule has 11 heavy (non-hydrogen) atoms.